The normalized spacial score (nSPS) is 11.7. The van der Waals surface area contributed by atoms with E-state index in [-0.39, 0.29) is 11.4 Å². The summed E-state index contributed by atoms with van der Waals surface area (Å²) in [4.78, 5) is 13.9. The van der Waals surface area contributed by atoms with Gasteiger partial charge in [-0.25, -0.2) is 0 Å². The molecule has 0 radical (unpaired) electrons. The summed E-state index contributed by atoms with van der Waals surface area (Å²) in [5.41, 5.74) is 1.08. The SMILES string of the molecule is CN(C)C(C)(C)CNC(=O)CCCc1ccccc1Cl. The standard InChI is InChI=1S/C16H25ClN2O/c1-16(2,19(3)4)12-18-15(20)11-7-9-13-8-5-6-10-14(13)17/h5-6,8,10H,7,9,11-12H2,1-4H3,(H,18,20). The number of aryl methyl sites for hydroxylation is 1. The molecule has 0 aromatic heterocycles. The molecule has 4 heteroatoms. The van der Waals surface area contributed by atoms with E-state index in [1.165, 1.54) is 0 Å². The summed E-state index contributed by atoms with van der Waals surface area (Å²) < 4.78 is 0. The third kappa shape index (κ3) is 5.51. The maximum Gasteiger partial charge on any atom is 0.220 e. The van der Waals surface area contributed by atoms with E-state index >= 15 is 0 Å². The highest BCUT2D eigenvalue weighted by Crippen LogP contribution is 2.17. The molecule has 0 spiro atoms. The lowest BCUT2D eigenvalue weighted by atomic mass is 10.0. The molecule has 0 heterocycles. The highest BCUT2D eigenvalue weighted by molar-refractivity contribution is 6.31. The molecule has 112 valence electrons. The van der Waals surface area contributed by atoms with Gasteiger partial charge in [-0.1, -0.05) is 29.8 Å². The largest absolute Gasteiger partial charge is 0.354 e. The predicted octanol–water partition coefficient (Wildman–Crippen LogP) is 3.12. The number of amides is 1. The van der Waals surface area contributed by atoms with Crippen LogP contribution in [0, 0.1) is 0 Å². The van der Waals surface area contributed by atoms with Crippen LogP contribution in [0.4, 0.5) is 0 Å². The van der Waals surface area contributed by atoms with Crippen LogP contribution in [-0.4, -0.2) is 37.0 Å². The second-order valence-electron chi connectivity index (χ2n) is 5.93. The third-order valence-electron chi connectivity index (χ3n) is 3.74. The van der Waals surface area contributed by atoms with Crippen LogP contribution in [0.5, 0.6) is 0 Å². The minimum atomic E-state index is -0.0294. The Bertz CT molecular complexity index is 444. The van der Waals surface area contributed by atoms with E-state index in [2.05, 4.69) is 24.1 Å². The number of halogens is 1. The first kappa shape index (κ1) is 17.0. The second-order valence-corrected chi connectivity index (χ2v) is 6.34. The van der Waals surface area contributed by atoms with Crippen molar-refractivity contribution in [1.29, 1.82) is 0 Å². The molecule has 0 saturated carbocycles. The summed E-state index contributed by atoms with van der Waals surface area (Å²) in [6.07, 6.45) is 2.19. The highest BCUT2D eigenvalue weighted by atomic mass is 35.5. The van der Waals surface area contributed by atoms with E-state index in [4.69, 9.17) is 11.6 Å². The van der Waals surface area contributed by atoms with Crippen molar-refractivity contribution >= 4 is 17.5 Å². The van der Waals surface area contributed by atoms with Crippen molar-refractivity contribution in [1.82, 2.24) is 10.2 Å². The minimum absolute atomic E-state index is 0.0294. The molecule has 0 aliphatic heterocycles. The van der Waals surface area contributed by atoms with E-state index in [1.807, 2.05) is 38.4 Å². The first-order valence-electron chi connectivity index (χ1n) is 7.00. The van der Waals surface area contributed by atoms with Crippen molar-refractivity contribution in [3.8, 4) is 0 Å². The second kappa shape index (κ2) is 7.65. The molecule has 20 heavy (non-hydrogen) atoms. The van der Waals surface area contributed by atoms with Crippen molar-refractivity contribution in [3.63, 3.8) is 0 Å². The average Bonchev–Trinajstić information content (AvgIpc) is 2.38. The van der Waals surface area contributed by atoms with Crippen molar-refractivity contribution in [2.45, 2.75) is 38.6 Å². The van der Waals surface area contributed by atoms with Crippen LogP contribution in [0.1, 0.15) is 32.3 Å². The van der Waals surface area contributed by atoms with Gasteiger partial charge < -0.3 is 10.2 Å². The average molecular weight is 297 g/mol. The third-order valence-corrected chi connectivity index (χ3v) is 4.11. The number of carbonyl (C=O) groups excluding carboxylic acids is 1. The van der Waals surface area contributed by atoms with Crippen molar-refractivity contribution in [3.05, 3.63) is 34.9 Å². The van der Waals surface area contributed by atoms with Crippen molar-refractivity contribution < 1.29 is 4.79 Å². The zero-order chi connectivity index (χ0) is 15.2. The zero-order valence-corrected chi connectivity index (χ0v) is 13.6. The number of carbonyl (C=O) groups is 1. The molecule has 1 N–H and O–H groups in total. The number of hydrogen-bond acceptors (Lipinski definition) is 2. The molecule has 0 bridgehead atoms. The number of nitrogens with one attached hydrogen (secondary N) is 1. The van der Waals surface area contributed by atoms with Crippen molar-refractivity contribution in [2.75, 3.05) is 20.6 Å². The Morgan fingerprint density at radius 1 is 1.30 bits per heavy atom. The smallest absolute Gasteiger partial charge is 0.220 e. The molecule has 1 amide bonds. The summed E-state index contributed by atoms with van der Waals surface area (Å²) in [5.74, 6) is 0.104. The Morgan fingerprint density at radius 2 is 1.95 bits per heavy atom. The molecule has 0 atom stereocenters. The lowest BCUT2D eigenvalue weighted by Gasteiger charge is -2.32. The Morgan fingerprint density at radius 3 is 2.55 bits per heavy atom. The predicted molar refractivity (Wildman–Crippen MR) is 85.2 cm³/mol. The van der Waals surface area contributed by atoms with E-state index in [1.54, 1.807) is 0 Å². The Balaban J connectivity index is 2.29. The van der Waals surface area contributed by atoms with Gasteiger partial charge in [0, 0.05) is 23.5 Å². The van der Waals surface area contributed by atoms with Gasteiger partial charge in [-0.05, 0) is 52.4 Å². The minimum Gasteiger partial charge on any atom is -0.354 e. The molecule has 0 aliphatic carbocycles. The fourth-order valence-corrected chi connectivity index (χ4v) is 1.93. The number of benzene rings is 1. The molecule has 1 aromatic rings. The van der Waals surface area contributed by atoms with Gasteiger partial charge in [0.1, 0.15) is 0 Å². The van der Waals surface area contributed by atoms with Crippen LogP contribution in [0.15, 0.2) is 24.3 Å². The van der Waals surface area contributed by atoms with Crippen LogP contribution in [0.2, 0.25) is 5.02 Å². The van der Waals surface area contributed by atoms with E-state index in [0.29, 0.717) is 13.0 Å². The molecule has 0 unspecified atom stereocenters. The zero-order valence-electron chi connectivity index (χ0n) is 12.9. The van der Waals surface area contributed by atoms with Gasteiger partial charge in [-0.2, -0.15) is 0 Å². The summed E-state index contributed by atoms with van der Waals surface area (Å²) >= 11 is 6.09. The first-order valence-corrected chi connectivity index (χ1v) is 7.38. The summed E-state index contributed by atoms with van der Waals surface area (Å²) in [7, 11) is 4.03. The van der Waals surface area contributed by atoms with Gasteiger partial charge in [-0.3, -0.25) is 4.79 Å². The Kier molecular flexibility index (Phi) is 6.50. The molecular formula is C16H25ClN2O. The topological polar surface area (TPSA) is 32.3 Å². The monoisotopic (exact) mass is 296 g/mol. The van der Waals surface area contributed by atoms with Crippen LogP contribution < -0.4 is 5.32 Å². The molecule has 0 fully saturated rings. The Labute approximate surface area is 127 Å². The molecule has 3 nitrogen and oxygen atoms in total. The van der Waals surface area contributed by atoms with Gasteiger partial charge in [0.05, 0.1) is 0 Å². The van der Waals surface area contributed by atoms with Gasteiger partial charge in [0.15, 0.2) is 0 Å². The van der Waals surface area contributed by atoms with Crippen LogP contribution in [0.3, 0.4) is 0 Å². The van der Waals surface area contributed by atoms with E-state index in [9.17, 15) is 4.79 Å². The van der Waals surface area contributed by atoms with Gasteiger partial charge in [0.25, 0.3) is 0 Å². The molecule has 0 saturated heterocycles. The first-order chi connectivity index (χ1) is 9.33. The van der Waals surface area contributed by atoms with Crippen LogP contribution in [-0.2, 0) is 11.2 Å². The van der Waals surface area contributed by atoms with Crippen LogP contribution in [0.25, 0.3) is 0 Å². The van der Waals surface area contributed by atoms with Gasteiger partial charge in [0.2, 0.25) is 5.91 Å². The van der Waals surface area contributed by atoms with Gasteiger partial charge >= 0.3 is 0 Å². The molecule has 1 rings (SSSR count). The fraction of sp³-hybridized carbons (Fsp3) is 0.562. The Hall–Kier alpha value is -1.06. The number of rotatable bonds is 7. The summed E-state index contributed by atoms with van der Waals surface area (Å²) in [6.45, 7) is 4.87. The fourth-order valence-electron chi connectivity index (χ4n) is 1.70. The molecule has 0 aliphatic rings. The lowest BCUT2D eigenvalue weighted by molar-refractivity contribution is -0.121. The number of nitrogens with zero attached hydrogens (tertiary/aromatic N) is 1. The molecular weight excluding hydrogens is 272 g/mol. The quantitative estimate of drug-likeness (QED) is 0.838. The number of likely N-dealkylation sites (N-methyl/N-ethyl adjacent to an activating group) is 1. The maximum absolute atomic E-state index is 11.8. The maximum atomic E-state index is 11.8. The van der Waals surface area contributed by atoms with Crippen molar-refractivity contribution in [2.24, 2.45) is 0 Å². The summed E-state index contributed by atoms with van der Waals surface area (Å²) in [6, 6.07) is 7.79. The van der Waals surface area contributed by atoms with E-state index in [0.717, 1.165) is 23.4 Å². The highest BCUT2D eigenvalue weighted by Gasteiger charge is 2.20. The number of hydrogen-bond donors (Lipinski definition) is 1. The summed E-state index contributed by atoms with van der Waals surface area (Å²) in [5, 5.41) is 3.77. The van der Waals surface area contributed by atoms with E-state index < -0.39 is 0 Å². The lowest BCUT2D eigenvalue weighted by Crippen LogP contribution is -2.48. The molecule has 1 aromatic carbocycles. The van der Waals surface area contributed by atoms with Crippen LogP contribution >= 0.6 is 11.6 Å². The van der Waals surface area contributed by atoms with Gasteiger partial charge in [-0.15, -0.1) is 0 Å².